The van der Waals surface area contributed by atoms with Gasteiger partial charge < -0.3 is 0 Å². The molecule has 4 rings (SSSR count). The second-order valence-corrected chi connectivity index (χ2v) is 10.7. The van der Waals surface area contributed by atoms with Crippen LogP contribution in [-0.2, 0) is 0 Å². The monoisotopic (exact) mass is 520 g/mol. The molecule has 0 spiro atoms. The largest absolute Gasteiger partial charge is 0.203 e. The SMILES string of the molecule is Cc1cc(-c2c(F)c(F)c(-c3cc(C)c(Br)s3)c3nsnc23)sc1Br. The van der Waals surface area contributed by atoms with Gasteiger partial charge in [-0.3, -0.25) is 0 Å². The predicted molar refractivity (Wildman–Crippen MR) is 109 cm³/mol. The molecule has 3 aromatic heterocycles. The van der Waals surface area contributed by atoms with Crippen molar-refractivity contribution in [1.29, 1.82) is 0 Å². The third-order valence-electron chi connectivity index (χ3n) is 3.80. The van der Waals surface area contributed by atoms with Gasteiger partial charge in [0.05, 0.1) is 30.4 Å². The molecule has 0 saturated carbocycles. The number of thiophene rings is 2. The van der Waals surface area contributed by atoms with E-state index in [2.05, 4.69) is 40.6 Å². The highest BCUT2D eigenvalue weighted by Crippen LogP contribution is 2.45. The lowest BCUT2D eigenvalue weighted by Crippen LogP contribution is -1.95. The first-order valence-electron chi connectivity index (χ1n) is 7.04. The quantitative estimate of drug-likeness (QED) is 0.272. The molecular weight excluding hydrogens is 514 g/mol. The molecule has 2 nitrogen and oxygen atoms in total. The maximum atomic E-state index is 15.0. The molecule has 4 aromatic rings. The van der Waals surface area contributed by atoms with Gasteiger partial charge in [0.2, 0.25) is 0 Å². The number of aryl methyl sites for hydroxylation is 2. The molecule has 0 saturated heterocycles. The van der Waals surface area contributed by atoms with Crippen molar-refractivity contribution < 1.29 is 8.78 Å². The van der Waals surface area contributed by atoms with Crippen LogP contribution >= 0.6 is 66.3 Å². The maximum Gasteiger partial charge on any atom is 0.170 e. The summed E-state index contributed by atoms with van der Waals surface area (Å²) < 4.78 is 40.4. The van der Waals surface area contributed by atoms with E-state index in [0.717, 1.165) is 30.4 Å². The number of aromatic nitrogens is 2. The van der Waals surface area contributed by atoms with Crippen LogP contribution in [0.3, 0.4) is 0 Å². The highest BCUT2D eigenvalue weighted by atomic mass is 79.9. The molecule has 0 unspecified atom stereocenters. The van der Waals surface area contributed by atoms with Crippen molar-refractivity contribution in [3.63, 3.8) is 0 Å². The smallest absolute Gasteiger partial charge is 0.170 e. The molecule has 1 aromatic carbocycles. The lowest BCUT2D eigenvalue weighted by atomic mass is 10.0. The van der Waals surface area contributed by atoms with E-state index in [0.29, 0.717) is 20.8 Å². The van der Waals surface area contributed by atoms with Crippen LogP contribution in [0.5, 0.6) is 0 Å². The zero-order valence-electron chi connectivity index (χ0n) is 12.8. The first kappa shape index (κ1) is 17.7. The fourth-order valence-corrected chi connectivity index (χ4v) is 6.27. The van der Waals surface area contributed by atoms with Crippen molar-refractivity contribution >= 4 is 77.3 Å². The fraction of sp³-hybridized carbons (Fsp3) is 0.125. The Balaban J connectivity index is 2.07. The van der Waals surface area contributed by atoms with Crippen LogP contribution in [0.15, 0.2) is 19.7 Å². The summed E-state index contributed by atoms with van der Waals surface area (Å²) in [5.41, 5.74) is 3.09. The zero-order chi connectivity index (χ0) is 17.9. The summed E-state index contributed by atoms with van der Waals surface area (Å²) in [6, 6.07) is 3.66. The third-order valence-corrected chi connectivity index (χ3v) is 8.64. The van der Waals surface area contributed by atoms with Crippen LogP contribution in [0.2, 0.25) is 0 Å². The number of fused-ring (bicyclic) bond motifs is 1. The predicted octanol–water partition coefficient (Wildman–Crippen LogP) is 7.57. The molecule has 0 atom stereocenters. The minimum Gasteiger partial charge on any atom is -0.203 e. The minimum atomic E-state index is -0.883. The Morgan fingerprint density at radius 3 is 1.52 bits per heavy atom. The van der Waals surface area contributed by atoms with E-state index in [9.17, 15) is 0 Å². The Morgan fingerprint density at radius 2 is 1.20 bits per heavy atom. The number of hydrogen-bond acceptors (Lipinski definition) is 5. The molecule has 9 heteroatoms. The summed E-state index contributed by atoms with van der Waals surface area (Å²) in [7, 11) is 0. The van der Waals surface area contributed by atoms with Gasteiger partial charge in [-0.15, -0.1) is 22.7 Å². The van der Waals surface area contributed by atoms with Crippen LogP contribution in [0, 0.1) is 25.5 Å². The first-order valence-corrected chi connectivity index (χ1v) is 11.0. The van der Waals surface area contributed by atoms with Crippen molar-refractivity contribution in [1.82, 2.24) is 8.75 Å². The fourth-order valence-electron chi connectivity index (χ4n) is 2.56. The summed E-state index contributed by atoms with van der Waals surface area (Å²) in [5, 5.41) is 0. The molecule has 0 amide bonds. The van der Waals surface area contributed by atoms with E-state index < -0.39 is 11.6 Å². The lowest BCUT2D eigenvalue weighted by molar-refractivity contribution is 0.516. The van der Waals surface area contributed by atoms with E-state index in [1.54, 1.807) is 0 Å². The Labute approximate surface area is 171 Å². The number of rotatable bonds is 2. The molecule has 0 aliphatic rings. The summed E-state index contributed by atoms with van der Waals surface area (Å²) in [6.07, 6.45) is 0. The molecule has 0 bridgehead atoms. The van der Waals surface area contributed by atoms with E-state index in [1.165, 1.54) is 22.7 Å². The standard InChI is InChI=1S/C16H8Br2F2N2S3/c1-5-3-7(23-15(5)17)9-11(19)12(20)10(14-13(9)21-25-22-14)8-4-6(2)16(18)24-8/h3-4H,1-2H3. The van der Waals surface area contributed by atoms with Gasteiger partial charge >= 0.3 is 0 Å². The molecule has 25 heavy (non-hydrogen) atoms. The number of halogens is 4. The molecule has 0 aliphatic heterocycles. The Hall–Kier alpha value is -0.740. The van der Waals surface area contributed by atoms with Gasteiger partial charge in [0, 0.05) is 9.75 Å². The van der Waals surface area contributed by atoms with Crippen molar-refractivity contribution in [3.05, 3.63) is 42.5 Å². The topological polar surface area (TPSA) is 25.8 Å². The lowest BCUT2D eigenvalue weighted by Gasteiger charge is -2.08. The number of hydrogen-bond donors (Lipinski definition) is 0. The van der Waals surface area contributed by atoms with Gasteiger partial charge in [0.1, 0.15) is 11.0 Å². The zero-order valence-corrected chi connectivity index (χ0v) is 18.4. The molecule has 3 heterocycles. The van der Waals surface area contributed by atoms with Gasteiger partial charge in [-0.2, -0.15) is 8.75 Å². The van der Waals surface area contributed by atoms with Crippen LogP contribution in [0.1, 0.15) is 11.1 Å². The Kier molecular flexibility index (Phi) is 4.56. The number of nitrogens with zero attached hydrogens (tertiary/aromatic N) is 2. The van der Waals surface area contributed by atoms with Crippen molar-refractivity contribution in [3.8, 4) is 20.9 Å². The van der Waals surface area contributed by atoms with Gasteiger partial charge in [0.25, 0.3) is 0 Å². The van der Waals surface area contributed by atoms with E-state index in [-0.39, 0.29) is 11.1 Å². The average molecular weight is 522 g/mol. The van der Waals surface area contributed by atoms with Crippen LogP contribution in [-0.4, -0.2) is 8.75 Å². The highest BCUT2D eigenvalue weighted by Gasteiger charge is 2.27. The normalized spacial score (nSPS) is 11.6. The molecule has 0 aliphatic carbocycles. The molecular formula is C16H8Br2F2N2S3. The van der Waals surface area contributed by atoms with Crippen LogP contribution in [0.25, 0.3) is 31.9 Å². The first-order chi connectivity index (χ1) is 11.9. The third kappa shape index (κ3) is 2.80. The highest BCUT2D eigenvalue weighted by molar-refractivity contribution is 9.11. The number of benzene rings is 1. The van der Waals surface area contributed by atoms with Gasteiger partial charge in [-0.05, 0) is 69.0 Å². The van der Waals surface area contributed by atoms with Crippen molar-refractivity contribution in [2.45, 2.75) is 13.8 Å². The van der Waals surface area contributed by atoms with Gasteiger partial charge in [0.15, 0.2) is 11.6 Å². The Morgan fingerprint density at radius 1 is 0.800 bits per heavy atom. The second-order valence-electron chi connectivity index (χ2n) is 5.47. The van der Waals surface area contributed by atoms with Gasteiger partial charge in [-0.25, -0.2) is 8.78 Å². The van der Waals surface area contributed by atoms with Crippen LogP contribution in [0.4, 0.5) is 8.78 Å². The summed E-state index contributed by atoms with van der Waals surface area (Å²) in [5.74, 6) is -1.77. The van der Waals surface area contributed by atoms with Gasteiger partial charge in [-0.1, -0.05) is 0 Å². The summed E-state index contributed by atoms with van der Waals surface area (Å²) >= 11 is 10.6. The maximum absolute atomic E-state index is 15.0. The summed E-state index contributed by atoms with van der Waals surface area (Å²) in [4.78, 5) is 1.27. The van der Waals surface area contributed by atoms with E-state index >= 15 is 8.78 Å². The summed E-state index contributed by atoms with van der Waals surface area (Å²) in [6.45, 7) is 3.82. The molecule has 0 radical (unpaired) electrons. The average Bonchev–Trinajstić information content (AvgIpc) is 3.23. The van der Waals surface area contributed by atoms with E-state index in [1.807, 2.05) is 26.0 Å². The van der Waals surface area contributed by atoms with Crippen molar-refractivity contribution in [2.24, 2.45) is 0 Å². The second kappa shape index (κ2) is 6.45. The minimum absolute atomic E-state index is 0.177. The Bertz CT molecular complexity index is 1010. The molecule has 0 N–H and O–H groups in total. The molecule has 0 fully saturated rings. The molecule has 128 valence electrons. The van der Waals surface area contributed by atoms with Crippen LogP contribution < -0.4 is 0 Å². The van der Waals surface area contributed by atoms with Crippen molar-refractivity contribution in [2.75, 3.05) is 0 Å². The van der Waals surface area contributed by atoms with E-state index in [4.69, 9.17) is 0 Å².